The molecule has 1 fully saturated rings. The number of furan rings is 2. The maximum atomic E-state index is 12.9. The van der Waals surface area contributed by atoms with Crippen molar-refractivity contribution in [1.82, 2.24) is 14.7 Å². The van der Waals surface area contributed by atoms with Gasteiger partial charge in [-0.25, -0.2) is 0 Å². The molecule has 0 aliphatic carbocycles. The van der Waals surface area contributed by atoms with E-state index in [9.17, 15) is 9.59 Å². The number of likely N-dealkylation sites (tertiary alicyclic amines) is 1. The summed E-state index contributed by atoms with van der Waals surface area (Å²) in [4.78, 5) is 27.1. The van der Waals surface area contributed by atoms with Gasteiger partial charge in [-0.05, 0) is 45.2 Å². The van der Waals surface area contributed by atoms with Crippen LogP contribution in [0.3, 0.4) is 0 Å². The maximum Gasteiger partial charge on any atom is 0.259 e. The number of rotatable bonds is 5. The number of carbonyl (C=O) groups is 2. The van der Waals surface area contributed by atoms with E-state index >= 15 is 0 Å². The smallest absolute Gasteiger partial charge is 0.259 e. The molecule has 4 rings (SSSR count). The van der Waals surface area contributed by atoms with Gasteiger partial charge in [0.2, 0.25) is 0 Å². The number of hydrogen-bond donors (Lipinski definition) is 1. The van der Waals surface area contributed by atoms with Gasteiger partial charge in [-0.15, -0.1) is 0 Å². The van der Waals surface area contributed by atoms with E-state index in [-0.39, 0.29) is 17.9 Å². The Hall–Kier alpha value is -3.29. The van der Waals surface area contributed by atoms with Crippen molar-refractivity contribution < 1.29 is 18.4 Å². The third-order valence-electron chi connectivity index (χ3n) is 5.15. The number of piperidine rings is 1. The highest BCUT2D eigenvalue weighted by atomic mass is 16.3. The quantitative estimate of drug-likeness (QED) is 0.711. The Bertz CT molecular complexity index is 1020. The summed E-state index contributed by atoms with van der Waals surface area (Å²) in [5.74, 6) is 1.15. The van der Waals surface area contributed by atoms with Crippen molar-refractivity contribution in [2.24, 2.45) is 0 Å². The standard InChI is InChI=1S/C21H24N4O4/c1-14-7-16(12-28-14)20(26)23-18-9-22-24(10-18)11-19-5-3-4-6-25(19)21(27)17-8-15(2)29-13-17/h7-10,12-13,19H,3-6,11H2,1-2H3,(H,23,26)/t19-/m0/s1. The van der Waals surface area contributed by atoms with Crippen molar-refractivity contribution in [3.05, 3.63) is 59.7 Å². The van der Waals surface area contributed by atoms with Crippen molar-refractivity contribution in [1.29, 1.82) is 0 Å². The summed E-state index contributed by atoms with van der Waals surface area (Å²) in [5, 5.41) is 7.17. The molecule has 0 bridgehead atoms. The van der Waals surface area contributed by atoms with Crippen LogP contribution in [0, 0.1) is 13.8 Å². The molecule has 0 spiro atoms. The van der Waals surface area contributed by atoms with Crippen molar-refractivity contribution in [2.75, 3.05) is 11.9 Å². The van der Waals surface area contributed by atoms with Gasteiger partial charge in [0.25, 0.3) is 11.8 Å². The van der Waals surface area contributed by atoms with Gasteiger partial charge >= 0.3 is 0 Å². The van der Waals surface area contributed by atoms with E-state index in [0.717, 1.165) is 31.6 Å². The molecule has 0 unspecified atom stereocenters. The number of amides is 2. The molecule has 4 heterocycles. The van der Waals surface area contributed by atoms with E-state index in [1.54, 1.807) is 36.1 Å². The van der Waals surface area contributed by atoms with Gasteiger partial charge in [-0.2, -0.15) is 5.10 Å². The second kappa shape index (κ2) is 7.98. The molecule has 0 radical (unpaired) electrons. The van der Waals surface area contributed by atoms with Crippen molar-refractivity contribution in [3.8, 4) is 0 Å². The molecule has 1 N–H and O–H groups in total. The minimum atomic E-state index is -0.244. The lowest BCUT2D eigenvalue weighted by molar-refractivity contribution is 0.0583. The zero-order valence-corrected chi connectivity index (χ0v) is 16.6. The Morgan fingerprint density at radius 2 is 1.86 bits per heavy atom. The number of hydrogen-bond acceptors (Lipinski definition) is 5. The Balaban J connectivity index is 1.42. The number of aryl methyl sites for hydroxylation is 2. The molecule has 1 saturated heterocycles. The van der Waals surface area contributed by atoms with E-state index in [0.29, 0.717) is 29.1 Å². The third kappa shape index (κ3) is 4.26. The average Bonchev–Trinajstić information content (AvgIpc) is 3.44. The fourth-order valence-electron chi connectivity index (χ4n) is 3.69. The predicted molar refractivity (Wildman–Crippen MR) is 106 cm³/mol. The topological polar surface area (TPSA) is 93.5 Å². The summed E-state index contributed by atoms with van der Waals surface area (Å²) in [5.41, 5.74) is 1.65. The Labute approximate surface area is 168 Å². The molecule has 3 aromatic heterocycles. The summed E-state index contributed by atoms with van der Waals surface area (Å²) < 4.78 is 12.2. The normalized spacial score (nSPS) is 16.8. The van der Waals surface area contributed by atoms with E-state index in [1.807, 2.05) is 11.8 Å². The van der Waals surface area contributed by atoms with Crippen molar-refractivity contribution in [2.45, 2.75) is 45.7 Å². The Morgan fingerprint density at radius 3 is 2.55 bits per heavy atom. The second-order valence-corrected chi connectivity index (χ2v) is 7.45. The van der Waals surface area contributed by atoms with Gasteiger partial charge in [0, 0.05) is 12.7 Å². The van der Waals surface area contributed by atoms with Crippen LogP contribution in [0.5, 0.6) is 0 Å². The average molecular weight is 396 g/mol. The van der Waals surface area contributed by atoms with Gasteiger partial charge in [0.15, 0.2) is 0 Å². The lowest BCUT2D eigenvalue weighted by atomic mass is 10.0. The van der Waals surface area contributed by atoms with E-state index in [4.69, 9.17) is 8.83 Å². The maximum absolute atomic E-state index is 12.9. The number of nitrogens with zero attached hydrogens (tertiary/aromatic N) is 3. The van der Waals surface area contributed by atoms with E-state index < -0.39 is 0 Å². The summed E-state index contributed by atoms with van der Waals surface area (Å²) in [6.45, 7) is 4.91. The van der Waals surface area contributed by atoms with E-state index in [1.165, 1.54) is 12.5 Å². The molecular weight excluding hydrogens is 372 g/mol. The Kier molecular flexibility index (Phi) is 5.24. The van der Waals surface area contributed by atoms with Gasteiger partial charge in [0.1, 0.15) is 24.0 Å². The zero-order chi connectivity index (χ0) is 20.4. The number of nitrogens with one attached hydrogen (secondary N) is 1. The molecule has 152 valence electrons. The van der Waals surface area contributed by atoms with Crippen LogP contribution in [0.15, 0.2) is 45.9 Å². The van der Waals surface area contributed by atoms with Crippen LogP contribution in [0.4, 0.5) is 5.69 Å². The van der Waals surface area contributed by atoms with Gasteiger partial charge in [-0.3, -0.25) is 14.3 Å². The molecule has 1 aliphatic rings. The first-order valence-electron chi connectivity index (χ1n) is 9.74. The van der Waals surface area contributed by atoms with Gasteiger partial charge in [0.05, 0.1) is 35.6 Å². The number of carbonyl (C=O) groups excluding carboxylic acids is 2. The van der Waals surface area contributed by atoms with Crippen LogP contribution < -0.4 is 5.32 Å². The SMILES string of the molecule is Cc1cc(C(=O)Nc2cnn(C[C@@H]3CCCCN3C(=O)c3coc(C)c3)c2)co1. The first-order chi connectivity index (χ1) is 14.0. The summed E-state index contributed by atoms with van der Waals surface area (Å²) in [7, 11) is 0. The second-order valence-electron chi connectivity index (χ2n) is 7.45. The largest absolute Gasteiger partial charge is 0.469 e. The molecule has 1 atom stereocenters. The molecule has 8 heteroatoms. The van der Waals surface area contributed by atoms with Gasteiger partial charge < -0.3 is 19.1 Å². The summed E-state index contributed by atoms with van der Waals surface area (Å²) in [6, 6.07) is 3.50. The minimum Gasteiger partial charge on any atom is -0.469 e. The van der Waals surface area contributed by atoms with Crippen LogP contribution >= 0.6 is 0 Å². The molecule has 0 saturated carbocycles. The molecule has 2 amide bonds. The van der Waals surface area contributed by atoms with Crippen LogP contribution in [-0.4, -0.2) is 39.1 Å². The highest BCUT2D eigenvalue weighted by Gasteiger charge is 2.28. The molecule has 1 aliphatic heterocycles. The molecule has 8 nitrogen and oxygen atoms in total. The predicted octanol–water partition coefficient (Wildman–Crippen LogP) is 3.63. The van der Waals surface area contributed by atoms with Crippen molar-refractivity contribution >= 4 is 17.5 Å². The highest BCUT2D eigenvalue weighted by Crippen LogP contribution is 2.22. The summed E-state index contributed by atoms with van der Waals surface area (Å²) in [6.07, 6.45) is 9.32. The fourth-order valence-corrected chi connectivity index (χ4v) is 3.69. The van der Waals surface area contributed by atoms with Gasteiger partial charge in [-0.1, -0.05) is 0 Å². The fraction of sp³-hybridized carbons (Fsp3) is 0.381. The van der Waals surface area contributed by atoms with Crippen LogP contribution in [0.25, 0.3) is 0 Å². The summed E-state index contributed by atoms with van der Waals surface area (Å²) >= 11 is 0. The third-order valence-corrected chi connectivity index (χ3v) is 5.15. The first kappa shape index (κ1) is 19.0. The van der Waals surface area contributed by atoms with Crippen LogP contribution in [0.1, 0.15) is 51.5 Å². The Morgan fingerprint density at radius 1 is 1.14 bits per heavy atom. The minimum absolute atomic E-state index is 0.0115. The lowest BCUT2D eigenvalue weighted by Gasteiger charge is -2.35. The highest BCUT2D eigenvalue weighted by molar-refractivity contribution is 6.04. The molecular formula is C21H24N4O4. The van der Waals surface area contributed by atoms with Crippen molar-refractivity contribution in [3.63, 3.8) is 0 Å². The zero-order valence-electron chi connectivity index (χ0n) is 16.6. The molecule has 0 aromatic carbocycles. The number of anilines is 1. The number of aromatic nitrogens is 2. The first-order valence-corrected chi connectivity index (χ1v) is 9.74. The molecule has 29 heavy (non-hydrogen) atoms. The lowest BCUT2D eigenvalue weighted by Crippen LogP contribution is -2.45. The molecule has 3 aromatic rings. The van der Waals surface area contributed by atoms with E-state index in [2.05, 4.69) is 10.4 Å². The van der Waals surface area contributed by atoms with Crippen LogP contribution in [0.2, 0.25) is 0 Å². The van der Waals surface area contributed by atoms with Crippen LogP contribution in [-0.2, 0) is 6.54 Å². The monoisotopic (exact) mass is 396 g/mol.